The topological polar surface area (TPSA) is 43.8 Å². The maximum Gasteiger partial charge on any atom is 0.131 e. The molecule has 0 atom stereocenters. The van der Waals surface area contributed by atoms with Gasteiger partial charge in [0.15, 0.2) is 0 Å². The zero-order chi connectivity index (χ0) is 14.2. The lowest BCUT2D eigenvalue weighted by Gasteiger charge is -2.12. The summed E-state index contributed by atoms with van der Waals surface area (Å²) in [5.41, 5.74) is 8.00. The van der Waals surface area contributed by atoms with Crippen molar-refractivity contribution >= 4 is 33.3 Å². The molecule has 0 saturated carbocycles. The first-order valence-electron chi connectivity index (χ1n) is 6.27. The molecule has 102 valence electrons. The second-order valence-corrected chi connectivity index (χ2v) is 5.97. The van der Waals surface area contributed by atoms with Gasteiger partial charge in [-0.15, -0.1) is 0 Å². The lowest BCUT2D eigenvalue weighted by Crippen LogP contribution is -2.08. The van der Waals surface area contributed by atoms with Crippen LogP contribution in [0, 0.1) is 0 Å². The summed E-state index contributed by atoms with van der Waals surface area (Å²) in [6, 6.07) is 6.06. The molecule has 0 amide bonds. The summed E-state index contributed by atoms with van der Waals surface area (Å²) < 4.78 is 2.95. The van der Waals surface area contributed by atoms with E-state index in [2.05, 4.69) is 46.3 Å². The van der Waals surface area contributed by atoms with Gasteiger partial charge in [0.05, 0.1) is 5.02 Å². The summed E-state index contributed by atoms with van der Waals surface area (Å²) in [5, 5.41) is 0.661. The number of rotatable bonds is 3. The molecule has 3 nitrogen and oxygen atoms in total. The molecule has 0 aliphatic heterocycles. The van der Waals surface area contributed by atoms with Crippen LogP contribution in [-0.4, -0.2) is 9.55 Å². The van der Waals surface area contributed by atoms with E-state index in [9.17, 15) is 0 Å². The van der Waals surface area contributed by atoms with Crippen molar-refractivity contribution in [3.05, 3.63) is 33.5 Å². The summed E-state index contributed by atoms with van der Waals surface area (Å²) in [6.07, 6.45) is 0.854. The Morgan fingerprint density at radius 2 is 2.11 bits per heavy atom. The molecule has 0 aliphatic carbocycles. The second kappa shape index (κ2) is 5.55. The van der Waals surface area contributed by atoms with Gasteiger partial charge in [0.1, 0.15) is 17.3 Å². The second-order valence-electron chi connectivity index (χ2n) is 4.71. The maximum atomic E-state index is 6.25. The molecule has 1 heterocycles. The molecule has 2 N–H and O–H groups in total. The molecule has 0 saturated heterocycles. The van der Waals surface area contributed by atoms with E-state index in [0.29, 0.717) is 16.9 Å². The minimum absolute atomic E-state index is 0.294. The van der Waals surface area contributed by atoms with Crippen LogP contribution in [-0.2, 0) is 6.42 Å². The molecule has 0 aliphatic rings. The maximum absolute atomic E-state index is 6.25. The Morgan fingerprint density at radius 1 is 1.42 bits per heavy atom. The number of benzene rings is 1. The molecule has 0 unspecified atom stereocenters. The molecule has 1 aromatic carbocycles. The Morgan fingerprint density at radius 3 is 2.58 bits per heavy atom. The minimum Gasteiger partial charge on any atom is -0.383 e. The van der Waals surface area contributed by atoms with Gasteiger partial charge in [-0.25, -0.2) is 4.98 Å². The lowest BCUT2D eigenvalue weighted by atomic mass is 10.1. The number of nitrogens with two attached hydrogens (primary N) is 1. The van der Waals surface area contributed by atoms with Crippen molar-refractivity contribution in [1.29, 1.82) is 0 Å². The van der Waals surface area contributed by atoms with Crippen LogP contribution in [0.4, 0.5) is 5.82 Å². The Kier molecular flexibility index (Phi) is 4.21. The third-order valence-corrected chi connectivity index (χ3v) is 4.28. The average molecular weight is 343 g/mol. The molecule has 0 spiro atoms. The fraction of sp³-hybridized carbons (Fsp3) is 0.357. The fourth-order valence-corrected chi connectivity index (χ4v) is 2.60. The highest BCUT2D eigenvalue weighted by Crippen LogP contribution is 2.33. The first kappa shape index (κ1) is 14.4. The zero-order valence-electron chi connectivity index (χ0n) is 11.2. The molecular weight excluding hydrogens is 326 g/mol. The normalized spacial score (nSPS) is 11.3. The summed E-state index contributed by atoms with van der Waals surface area (Å²) in [4.78, 5) is 4.65. The van der Waals surface area contributed by atoms with Gasteiger partial charge in [-0.3, -0.25) is 0 Å². The predicted molar refractivity (Wildman–Crippen MR) is 84.5 cm³/mol. The van der Waals surface area contributed by atoms with Crippen LogP contribution in [0.1, 0.15) is 32.6 Å². The Hall–Kier alpha value is -1.00. The van der Waals surface area contributed by atoms with Gasteiger partial charge in [-0.2, -0.15) is 0 Å². The van der Waals surface area contributed by atoms with Crippen molar-refractivity contribution in [2.45, 2.75) is 33.2 Å². The molecular formula is C14H17BrClN3. The number of hydrogen-bond acceptors (Lipinski definition) is 2. The van der Waals surface area contributed by atoms with E-state index in [0.717, 1.165) is 28.0 Å². The number of imidazole rings is 1. The summed E-state index contributed by atoms with van der Waals surface area (Å²) in [5.74, 6) is 1.70. The Labute approximate surface area is 126 Å². The number of anilines is 1. The number of nitrogen functional groups attached to an aromatic ring is 1. The monoisotopic (exact) mass is 341 g/mol. The molecule has 2 aromatic rings. The molecule has 0 fully saturated rings. The number of aromatic nitrogens is 2. The number of nitrogens with zero attached hydrogens (tertiary/aromatic N) is 2. The van der Waals surface area contributed by atoms with Gasteiger partial charge in [-0.1, -0.05) is 24.6 Å². The number of hydrogen-bond donors (Lipinski definition) is 1. The first-order valence-corrected chi connectivity index (χ1v) is 7.44. The average Bonchev–Trinajstić information content (AvgIpc) is 2.70. The summed E-state index contributed by atoms with van der Waals surface area (Å²) in [7, 11) is 0. The smallest absolute Gasteiger partial charge is 0.131 e. The SMILES string of the molecule is CCc1nc(-c2ccc(Br)c(Cl)c2)c(N)n1C(C)C. The van der Waals surface area contributed by atoms with Gasteiger partial charge in [0.25, 0.3) is 0 Å². The van der Waals surface area contributed by atoms with Gasteiger partial charge in [-0.05, 0) is 41.9 Å². The van der Waals surface area contributed by atoms with Crippen LogP contribution < -0.4 is 5.73 Å². The summed E-state index contributed by atoms with van der Waals surface area (Å²) >= 11 is 9.52. The number of halogens is 2. The van der Waals surface area contributed by atoms with Crippen LogP contribution in [0.2, 0.25) is 5.02 Å². The van der Waals surface area contributed by atoms with Gasteiger partial charge < -0.3 is 10.3 Å². The Balaban J connectivity index is 2.59. The van der Waals surface area contributed by atoms with E-state index in [-0.39, 0.29) is 0 Å². The zero-order valence-corrected chi connectivity index (χ0v) is 13.6. The standard InChI is InChI=1S/C14H17BrClN3/c1-4-12-18-13(14(17)19(12)8(2)3)9-5-6-10(15)11(16)7-9/h5-8H,4,17H2,1-3H3. The fourth-order valence-electron chi connectivity index (χ4n) is 2.17. The molecule has 0 bridgehead atoms. The van der Waals surface area contributed by atoms with Crippen molar-refractivity contribution in [3.8, 4) is 11.3 Å². The molecule has 5 heteroatoms. The third-order valence-electron chi connectivity index (χ3n) is 3.05. The number of aryl methyl sites for hydroxylation is 1. The van der Waals surface area contributed by atoms with E-state index in [1.165, 1.54) is 0 Å². The quantitative estimate of drug-likeness (QED) is 0.879. The Bertz CT molecular complexity index is 605. The highest BCUT2D eigenvalue weighted by molar-refractivity contribution is 9.10. The largest absolute Gasteiger partial charge is 0.383 e. The molecule has 0 radical (unpaired) electrons. The van der Waals surface area contributed by atoms with Crippen LogP contribution >= 0.6 is 27.5 Å². The van der Waals surface area contributed by atoms with Gasteiger partial charge in [0.2, 0.25) is 0 Å². The minimum atomic E-state index is 0.294. The third kappa shape index (κ3) is 2.65. The highest BCUT2D eigenvalue weighted by atomic mass is 79.9. The van der Waals surface area contributed by atoms with Crippen LogP contribution in [0.5, 0.6) is 0 Å². The van der Waals surface area contributed by atoms with Crippen molar-refractivity contribution < 1.29 is 0 Å². The van der Waals surface area contributed by atoms with E-state index in [1.807, 2.05) is 18.2 Å². The lowest BCUT2D eigenvalue weighted by molar-refractivity contribution is 0.579. The van der Waals surface area contributed by atoms with Crippen LogP contribution in [0.3, 0.4) is 0 Å². The van der Waals surface area contributed by atoms with Gasteiger partial charge in [0, 0.05) is 22.5 Å². The predicted octanol–water partition coefficient (Wildman–Crippen LogP) is 4.69. The summed E-state index contributed by atoms with van der Waals surface area (Å²) in [6.45, 7) is 6.30. The van der Waals surface area contributed by atoms with E-state index in [4.69, 9.17) is 17.3 Å². The van der Waals surface area contributed by atoms with Crippen molar-refractivity contribution in [2.75, 3.05) is 5.73 Å². The van der Waals surface area contributed by atoms with E-state index in [1.54, 1.807) is 0 Å². The van der Waals surface area contributed by atoms with Crippen LogP contribution in [0.25, 0.3) is 11.3 Å². The molecule has 1 aromatic heterocycles. The highest BCUT2D eigenvalue weighted by Gasteiger charge is 2.17. The van der Waals surface area contributed by atoms with Gasteiger partial charge >= 0.3 is 0 Å². The van der Waals surface area contributed by atoms with E-state index >= 15 is 0 Å². The van der Waals surface area contributed by atoms with Crippen molar-refractivity contribution in [1.82, 2.24) is 9.55 Å². The first-order chi connectivity index (χ1) is 8.95. The van der Waals surface area contributed by atoms with Crippen molar-refractivity contribution in [3.63, 3.8) is 0 Å². The molecule has 2 rings (SSSR count). The van der Waals surface area contributed by atoms with E-state index < -0.39 is 0 Å². The molecule has 19 heavy (non-hydrogen) atoms. The van der Waals surface area contributed by atoms with Crippen LogP contribution in [0.15, 0.2) is 22.7 Å². The van der Waals surface area contributed by atoms with Crippen molar-refractivity contribution in [2.24, 2.45) is 0 Å².